The highest BCUT2D eigenvalue weighted by Gasteiger charge is 2.60. The molecule has 2 atom stereocenters. The van der Waals surface area contributed by atoms with Crippen LogP contribution in [0.5, 0.6) is 5.75 Å². The Hall–Kier alpha value is -2.72. The highest BCUT2D eigenvalue weighted by molar-refractivity contribution is 8.63. The zero-order valence-electron chi connectivity index (χ0n) is 24.5. The van der Waals surface area contributed by atoms with Crippen molar-refractivity contribution in [1.29, 1.82) is 0 Å². The van der Waals surface area contributed by atoms with Crippen LogP contribution in [0.2, 0.25) is 5.02 Å². The molecule has 3 heterocycles. The first-order valence-electron chi connectivity index (χ1n) is 14.5. The summed E-state index contributed by atoms with van der Waals surface area (Å²) in [5, 5.41) is 7.98. The number of carbonyl (C=O) groups is 1. The SMILES string of the molecule is Cc1c(Cl)cccc1N1CCN(CCCCOc2ccc3ccc(=O)n(C(C)OC(=O)[SH]4(C)(N)CC4C)c3c2)CC1. The van der Waals surface area contributed by atoms with E-state index >= 15 is 0 Å². The third-order valence-electron chi connectivity index (χ3n) is 8.99. The standard InChI is InChI=1S/C31H43ClN4O4S/c1-22-21-41(22,4,33)31(38)40-24(3)36-29-20-26(12-10-25(29)11-13-30(36)37)39-19-6-5-14-34-15-17-35(18-16-34)28-9-7-8-27(32)23(28)2/h7-13,20,22,24,41H,5-6,14-19,21,33H2,1-4H3. The number of pyridine rings is 1. The molecule has 2 aromatic carbocycles. The third-order valence-corrected chi connectivity index (χ3v) is 14.2. The number of nitrogens with zero attached hydrogens (tertiary/aromatic N) is 3. The predicted molar refractivity (Wildman–Crippen MR) is 172 cm³/mol. The van der Waals surface area contributed by atoms with E-state index < -0.39 is 15.6 Å². The van der Waals surface area contributed by atoms with E-state index in [0.717, 1.165) is 61.5 Å². The first kappa shape index (κ1) is 29.8. The molecule has 8 nitrogen and oxygen atoms in total. The molecular weight excluding hydrogens is 560 g/mol. The maximum Gasteiger partial charge on any atom is 0.346 e. The molecule has 0 amide bonds. The van der Waals surface area contributed by atoms with Crippen LogP contribution in [0.1, 0.15) is 38.5 Å². The van der Waals surface area contributed by atoms with E-state index in [9.17, 15) is 9.59 Å². The fourth-order valence-corrected chi connectivity index (χ4v) is 9.19. The molecule has 3 aromatic rings. The van der Waals surface area contributed by atoms with Crippen molar-refractivity contribution in [3.63, 3.8) is 0 Å². The number of rotatable bonds is 9. The Labute approximate surface area is 247 Å². The number of benzene rings is 2. The van der Waals surface area contributed by atoms with Crippen LogP contribution in [0.3, 0.4) is 0 Å². The Morgan fingerprint density at radius 2 is 1.83 bits per heavy atom. The highest BCUT2D eigenvalue weighted by atomic mass is 35.5. The lowest BCUT2D eigenvalue weighted by atomic mass is 10.1. The van der Waals surface area contributed by atoms with Crippen LogP contribution < -0.4 is 20.3 Å². The number of aromatic nitrogens is 1. The minimum absolute atomic E-state index is 0.160. The van der Waals surface area contributed by atoms with Gasteiger partial charge in [-0.1, -0.05) is 24.6 Å². The second kappa shape index (κ2) is 11.5. The third kappa shape index (κ3) is 6.09. The van der Waals surface area contributed by atoms with Crippen molar-refractivity contribution in [3.05, 3.63) is 69.5 Å². The molecule has 5 rings (SSSR count). The monoisotopic (exact) mass is 602 g/mol. The van der Waals surface area contributed by atoms with Gasteiger partial charge < -0.3 is 19.5 Å². The fourth-order valence-electron chi connectivity index (χ4n) is 5.73. The number of thiol groups is 1. The van der Waals surface area contributed by atoms with Gasteiger partial charge in [-0.3, -0.25) is 14.3 Å². The Balaban J connectivity index is 1.13. The predicted octanol–water partition coefficient (Wildman–Crippen LogP) is 5.58. The van der Waals surface area contributed by atoms with E-state index in [1.165, 1.54) is 16.3 Å². The lowest BCUT2D eigenvalue weighted by Gasteiger charge is -2.37. The van der Waals surface area contributed by atoms with Gasteiger partial charge in [-0.2, -0.15) is 9.35 Å². The van der Waals surface area contributed by atoms with Crippen molar-refractivity contribution < 1.29 is 14.3 Å². The van der Waals surface area contributed by atoms with Crippen molar-refractivity contribution in [2.75, 3.05) is 56.2 Å². The van der Waals surface area contributed by atoms with Crippen molar-refractivity contribution >= 4 is 42.8 Å². The quantitative estimate of drug-likeness (QED) is 0.143. The number of carbonyl (C=O) groups excluding carboxylic acids is 1. The molecule has 0 saturated carbocycles. The van der Waals surface area contributed by atoms with Crippen molar-refractivity contribution in [2.45, 2.75) is 45.1 Å². The molecule has 1 aromatic heterocycles. The van der Waals surface area contributed by atoms with Crippen molar-refractivity contribution in [2.24, 2.45) is 5.14 Å². The molecule has 0 radical (unpaired) electrons. The average Bonchev–Trinajstić information content (AvgIpc) is 3.49. The van der Waals surface area contributed by atoms with Gasteiger partial charge in [0.15, 0.2) is 6.23 Å². The first-order valence-corrected chi connectivity index (χ1v) is 17.9. The van der Waals surface area contributed by atoms with Crippen LogP contribution in [0, 0.1) is 6.92 Å². The summed E-state index contributed by atoms with van der Waals surface area (Å²) in [7, 11) is -2.96. The van der Waals surface area contributed by atoms with E-state index in [1.54, 1.807) is 13.0 Å². The van der Waals surface area contributed by atoms with Crippen LogP contribution in [-0.2, 0) is 4.74 Å². The minimum atomic E-state index is -2.96. The minimum Gasteiger partial charge on any atom is -0.494 e. The van der Waals surface area contributed by atoms with Gasteiger partial charge in [-0.05, 0) is 91.8 Å². The van der Waals surface area contributed by atoms with Gasteiger partial charge in [0, 0.05) is 49.0 Å². The fraction of sp³-hybridized carbons (Fsp3) is 0.484. The largest absolute Gasteiger partial charge is 0.494 e. The average molecular weight is 603 g/mol. The van der Waals surface area contributed by atoms with Crippen LogP contribution in [0.25, 0.3) is 10.9 Å². The molecule has 2 fully saturated rings. The Bertz CT molecular complexity index is 1500. The summed E-state index contributed by atoms with van der Waals surface area (Å²) in [5.74, 6) is 1.38. The van der Waals surface area contributed by atoms with Gasteiger partial charge >= 0.3 is 5.30 Å². The van der Waals surface area contributed by atoms with Gasteiger partial charge in [-0.25, -0.2) is 4.79 Å². The highest BCUT2D eigenvalue weighted by Crippen LogP contribution is 2.78. The summed E-state index contributed by atoms with van der Waals surface area (Å²) in [4.78, 5) is 30.7. The Morgan fingerprint density at radius 1 is 1.12 bits per heavy atom. The smallest absolute Gasteiger partial charge is 0.346 e. The van der Waals surface area contributed by atoms with E-state index in [4.69, 9.17) is 26.2 Å². The molecule has 2 aliphatic rings. The van der Waals surface area contributed by atoms with Gasteiger partial charge in [0.2, 0.25) is 0 Å². The molecule has 0 spiro atoms. The summed E-state index contributed by atoms with van der Waals surface area (Å²) in [6.45, 7) is 11.5. The molecule has 2 N–H and O–H groups in total. The van der Waals surface area contributed by atoms with Gasteiger partial charge in [0.05, 0.1) is 12.1 Å². The van der Waals surface area contributed by atoms with Gasteiger partial charge in [0.1, 0.15) is 5.75 Å². The van der Waals surface area contributed by atoms with Crippen molar-refractivity contribution in [1.82, 2.24) is 9.47 Å². The van der Waals surface area contributed by atoms with Crippen LogP contribution >= 0.6 is 20.9 Å². The summed E-state index contributed by atoms with van der Waals surface area (Å²) in [6.07, 6.45) is 3.06. The zero-order chi connectivity index (χ0) is 29.4. The van der Waals surface area contributed by atoms with E-state index in [2.05, 4.69) is 22.8 Å². The Kier molecular flexibility index (Phi) is 8.36. The Morgan fingerprint density at radius 3 is 2.54 bits per heavy atom. The molecule has 2 saturated heterocycles. The molecule has 2 aliphatic heterocycles. The molecule has 10 heteroatoms. The normalized spacial score (nSPS) is 21.6. The van der Waals surface area contributed by atoms with E-state index in [-0.39, 0.29) is 16.1 Å². The summed E-state index contributed by atoms with van der Waals surface area (Å²) in [6, 6.07) is 15.1. The number of hydrogen-bond donors (Lipinski definition) is 2. The lowest BCUT2D eigenvalue weighted by molar-refractivity contribution is 0.0899. The maximum absolute atomic E-state index is 12.9. The number of hydrogen-bond acceptors (Lipinski definition) is 7. The number of ether oxygens (including phenoxy) is 2. The number of unbranched alkanes of at least 4 members (excludes halogenated alkanes) is 1. The van der Waals surface area contributed by atoms with Crippen molar-refractivity contribution in [3.8, 4) is 5.75 Å². The molecule has 41 heavy (non-hydrogen) atoms. The number of anilines is 1. The second-order valence-corrected chi connectivity index (χ2v) is 18.0. The van der Waals surface area contributed by atoms with Gasteiger partial charge in [-0.15, -0.1) is 0 Å². The van der Waals surface area contributed by atoms with Crippen LogP contribution in [0.15, 0.2) is 53.3 Å². The van der Waals surface area contributed by atoms with E-state index in [1.807, 2.05) is 43.5 Å². The number of halogens is 1. The zero-order valence-corrected chi connectivity index (χ0v) is 26.2. The molecule has 0 bridgehead atoms. The molecule has 2 unspecified atom stereocenters. The lowest BCUT2D eigenvalue weighted by Crippen LogP contribution is -2.46. The molecule has 224 valence electrons. The summed E-state index contributed by atoms with van der Waals surface area (Å²) in [5.41, 5.74) is 2.81. The number of piperazine rings is 1. The number of fused-ring (bicyclic) bond motifs is 1. The van der Waals surface area contributed by atoms with Crippen LogP contribution in [0.4, 0.5) is 10.5 Å². The number of nitrogens with two attached hydrogens (primary N) is 1. The second-order valence-electron chi connectivity index (χ2n) is 12.0. The van der Waals surface area contributed by atoms with Gasteiger partial charge in [0.25, 0.3) is 5.56 Å². The maximum atomic E-state index is 12.9. The topological polar surface area (TPSA) is 90.0 Å². The van der Waals surface area contributed by atoms with E-state index in [0.29, 0.717) is 23.6 Å². The van der Waals surface area contributed by atoms with Crippen LogP contribution in [-0.4, -0.2) is 71.4 Å². The summed E-state index contributed by atoms with van der Waals surface area (Å²) >= 11 is 6.32. The molecular formula is C31H43ClN4O4S. The molecule has 0 aliphatic carbocycles. The first-order chi connectivity index (χ1) is 19.5. The summed E-state index contributed by atoms with van der Waals surface area (Å²) < 4.78 is 13.4.